The summed E-state index contributed by atoms with van der Waals surface area (Å²) in [5, 5.41) is 11.3. The van der Waals surface area contributed by atoms with Crippen LogP contribution in [0.3, 0.4) is 0 Å². The first-order valence-electron chi connectivity index (χ1n) is 5.86. The fraction of sp³-hybridized carbons (Fsp3) is 0.250. The minimum absolute atomic E-state index is 0.118. The van der Waals surface area contributed by atoms with Crippen molar-refractivity contribution < 1.29 is 13.2 Å². The number of aromatic nitrogens is 3. The second kappa shape index (κ2) is 5.41. The normalized spacial score (nSPS) is 11.4. The summed E-state index contributed by atoms with van der Waals surface area (Å²) < 4.78 is 24.1. The van der Waals surface area contributed by atoms with E-state index in [0.29, 0.717) is 11.2 Å². The second-order valence-electron chi connectivity index (χ2n) is 4.25. The van der Waals surface area contributed by atoms with Crippen LogP contribution in [0, 0.1) is 0 Å². The van der Waals surface area contributed by atoms with Crippen molar-refractivity contribution in [1.82, 2.24) is 15.0 Å². The number of carbonyl (C=O) groups is 1. The van der Waals surface area contributed by atoms with Crippen molar-refractivity contribution in [2.45, 2.75) is 6.42 Å². The van der Waals surface area contributed by atoms with Crippen molar-refractivity contribution in [2.24, 2.45) is 7.05 Å². The van der Waals surface area contributed by atoms with Gasteiger partial charge in [-0.25, -0.2) is 13.1 Å². The molecular formula is C12H14N4O3S. The molecule has 1 amide bonds. The molecule has 1 heterocycles. The Hall–Kier alpha value is -2.22. The van der Waals surface area contributed by atoms with Crippen LogP contribution in [0.5, 0.6) is 0 Å². The quantitative estimate of drug-likeness (QED) is 0.882. The molecule has 0 fully saturated rings. The monoisotopic (exact) mass is 294 g/mol. The van der Waals surface area contributed by atoms with Crippen LogP contribution in [0.1, 0.15) is 6.42 Å². The molecule has 0 aliphatic rings. The molecule has 0 bridgehead atoms. The van der Waals surface area contributed by atoms with E-state index in [1.165, 1.54) is 0 Å². The molecule has 106 valence electrons. The highest BCUT2D eigenvalue weighted by molar-refractivity contribution is 7.94. The van der Waals surface area contributed by atoms with Crippen molar-refractivity contribution >= 4 is 32.5 Å². The Morgan fingerprint density at radius 3 is 2.95 bits per heavy atom. The molecule has 0 saturated heterocycles. The molecule has 7 nitrogen and oxygen atoms in total. The zero-order chi connectivity index (χ0) is 14.8. The summed E-state index contributed by atoms with van der Waals surface area (Å²) in [7, 11) is -1.59. The number of nitrogens with zero attached hydrogens (tertiary/aromatic N) is 3. The van der Waals surface area contributed by atoms with Gasteiger partial charge in [-0.2, -0.15) is 0 Å². The number of fused-ring (bicyclic) bond motifs is 1. The van der Waals surface area contributed by atoms with Crippen LogP contribution in [0.4, 0.5) is 5.69 Å². The first kappa shape index (κ1) is 14.2. The molecule has 20 heavy (non-hydrogen) atoms. The van der Waals surface area contributed by atoms with E-state index in [2.05, 4.69) is 22.2 Å². The van der Waals surface area contributed by atoms with Crippen LogP contribution in [-0.2, 0) is 21.7 Å². The van der Waals surface area contributed by atoms with Gasteiger partial charge in [-0.15, -0.1) is 5.10 Å². The summed E-state index contributed by atoms with van der Waals surface area (Å²) in [6, 6.07) is 5.18. The van der Waals surface area contributed by atoms with Gasteiger partial charge in [0.2, 0.25) is 5.91 Å². The van der Waals surface area contributed by atoms with Gasteiger partial charge in [0.15, 0.2) is 9.84 Å². The zero-order valence-corrected chi connectivity index (χ0v) is 11.7. The van der Waals surface area contributed by atoms with Crippen molar-refractivity contribution in [2.75, 3.05) is 11.1 Å². The van der Waals surface area contributed by atoms with Crippen LogP contribution < -0.4 is 5.32 Å². The smallest absolute Gasteiger partial charge is 0.225 e. The van der Waals surface area contributed by atoms with Crippen molar-refractivity contribution in [3.8, 4) is 0 Å². The summed E-state index contributed by atoms with van der Waals surface area (Å²) in [5.74, 6) is -0.630. The number of anilines is 1. The minimum Gasteiger partial charge on any atom is -0.326 e. The molecule has 8 heteroatoms. The van der Waals surface area contributed by atoms with Gasteiger partial charge in [-0.1, -0.05) is 11.8 Å². The number of aryl methyl sites for hydroxylation is 1. The Balaban J connectivity index is 2.04. The van der Waals surface area contributed by atoms with Crippen molar-refractivity contribution in [3.05, 3.63) is 30.2 Å². The number of amides is 1. The molecule has 2 aromatic rings. The summed E-state index contributed by atoms with van der Waals surface area (Å²) in [4.78, 5) is 11.7. The molecule has 1 N–H and O–H groups in total. The maximum Gasteiger partial charge on any atom is 0.225 e. The van der Waals surface area contributed by atoms with Gasteiger partial charge < -0.3 is 5.32 Å². The Labute approximate surface area is 116 Å². The largest absolute Gasteiger partial charge is 0.326 e. The van der Waals surface area contributed by atoms with Crippen LogP contribution in [0.25, 0.3) is 11.0 Å². The number of hydrogen-bond acceptors (Lipinski definition) is 5. The van der Waals surface area contributed by atoms with Crippen LogP contribution >= 0.6 is 0 Å². The Morgan fingerprint density at radius 2 is 2.25 bits per heavy atom. The first-order valence-corrected chi connectivity index (χ1v) is 7.57. The molecule has 0 atom stereocenters. The van der Waals surface area contributed by atoms with Crippen molar-refractivity contribution in [3.63, 3.8) is 0 Å². The zero-order valence-electron chi connectivity index (χ0n) is 10.9. The highest BCUT2D eigenvalue weighted by Crippen LogP contribution is 2.16. The maximum atomic E-state index is 11.7. The average molecular weight is 294 g/mol. The first-order chi connectivity index (χ1) is 9.41. The van der Waals surface area contributed by atoms with E-state index in [4.69, 9.17) is 0 Å². The van der Waals surface area contributed by atoms with E-state index in [9.17, 15) is 13.2 Å². The van der Waals surface area contributed by atoms with Gasteiger partial charge in [-0.3, -0.25) is 4.79 Å². The molecule has 0 unspecified atom stereocenters. The van der Waals surface area contributed by atoms with E-state index >= 15 is 0 Å². The number of carbonyl (C=O) groups excluding carboxylic acids is 1. The van der Waals surface area contributed by atoms with Crippen molar-refractivity contribution in [1.29, 1.82) is 0 Å². The Morgan fingerprint density at radius 1 is 1.50 bits per heavy atom. The molecule has 2 rings (SSSR count). The van der Waals surface area contributed by atoms with Gasteiger partial charge in [-0.05, 0) is 18.2 Å². The van der Waals surface area contributed by atoms with E-state index in [0.717, 1.165) is 10.9 Å². The third-order valence-corrected chi connectivity index (χ3v) is 4.04. The molecule has 0 aliphatic heterocycles. The summed E-state index contributed by atoms with van der Waals surface area (Å²) >= 11 is 0. The maximum absolute atomic E-state index is 11.7. The number of nitrogens with one attached hydrogen (secondary N) is 1. The lowest BCUT2D eigenvalue weighted by molar-refractivity contribution is -0.115. The second-order valence-corrected chi connectivity index (χ2v) is 6.32. The van der Waals surface area contributed by atoms with Crippen LogP contribution in [0.15, 0.2) is 30.2 Å². The minimum atomic E-state index is -3.36. The lowest BCUT2D eigenvalue weighted by Crippen LogP contribution is -2.16. The molecule has 0 saturated carbocycles. The Kier molecular flexibility index (Phi) is 3.84. The fourth-order valence-electron chi connectivity index (χ4n) is 1.66. The standard InChI is InChI=1S/C12H14N4O3S/c1-3-20(18,19)7-6-12(17)13-9-4-5-11-10(8-9)14-15-16(11)2/h3-5,8H,1,6-7H2,2H3,(H,13,17). The van der Waals surface area contributed by atoms with E-state index in [1.54, 1.807) is 29.9 Å². The molecule has 0 radical (unpaired) electrons. The predicted molar refractivity (Wildman–Crippen MR) is 75.7 cm³/mol. The van der Waals surface area contributed by atoms with Gasteiger partial charge in [0.25, 0.3) is 0 Å². The van der Waals surface area contributed by atoms with Crippen LogP contribution in [-0.4, -0.2) is 35.1 Å². The summed E-state index contributed by atoms with van der Waals surface area (Å²) in [6.45, 7) is 3.19. The molecule has 1 aromatic heterocycles. The van der Waals surface area contributed by atoms with E-state index < -0.39 is 9.84 Å². The van der Waals surface area contributed by atoms with E-state index in [1.807, 2.05) is 0 Å². The van der Waals surface area contributed by atoms with Gasteiger partial charge in [0, 0.05) is 24.6 Å². The predicted octanol–water partition coefficient (Wildman–Crippen LogP) is 0.855. The average Bonchev–Trinajstić information content (AvgIpc) is 2.78. The molecular weight excluding hydrogens is 280 g/mol. The van der Waals surface area contributed by atoms with Crippen LogP contribution in [0.2, 0.25) is 0 Å². The lowest BCUT2D eigenvalue weighted by Gasteiger charge is -2.04. The van der Waals surface area contributed by atoms with Gasteiger partial charge in [0.05, 0.1) is 11.3 Å². The number of hydrogen-bond donors (Lipinski definition) is 1. The van der Waals surface area contributed by atoms with Gasteiger partial charge >= 0.3 is 0 Å². The SMILES string of the molecule is C=CS(=O)(=O)CCC(=O)Nc1ccc2c(c1)nnn2C. The topological polar surface area (TPSA) is 93.9 Å². The lowest BCUT2D eigenvalue weighted by atomic mass is 10.2. The number of sulfone groups is 1. The highest BCUT2D eigenvalue weighted by atomic mass is 32.2. The third-order valence-electron chi connectivity index (χ3n) is 2.76. The molecule has 0 aliphatic carbocycles. The van der Waals surface area contributed by atoms with E-state index in [-0.39, 0.29) is 18.1 Å². The Bertz CT molecular complexity index is 764. The fourth-order valence-corrected chi connectivity index (χ4v) is 2.30. The third kappa shape index (κ3) is 3.21. The number of rotatable bonds is 5. The van der Waals surface area contributed by atoms with Gasteiger partial charge in [0.1, 0.15) is 5.52 Å². The highest BCUT2D eigenvalue weighted by Gasteiger charge is 2.10. The summed E-state index contributed by atoms with van der Waals surface area (Å²) in [5.41, 5.74) is 2.06. The summed E-state index contributed by atoms with van der Waals surface area (Å²) in [6.07, 6.45) is -0.118. The molecule has 0 spiro atoms. The molecule has 1 aromatic carbocycles. The number of benzene rings is 1.